The summed E-state index contributed by atoms with van der Waals surface area (Å²) in [7, 11) is 0. The number of nitrogens with one attached hydrogen (secondary N) is 2. The highest BCUT2D eigenvalue weighted by Gasteiger charge is 2.12. The third-order valence-corrected chi connectivity index (χ3v) is 5.43. The second kappa shape index (κ2) is 9.13. The molecule has 0 atom stereocenters. The highest BCUT2D eigenvalue weighted by molar-refractivity contribution is 9.11. The Kier molecular flexibility index (Phi) is 6.82. The lowest BCUT2D eigenvalue weighted by molar-refractivity contribution is -0.123. The average molecular weight is 547 g/mol. The second-order valence-electron chi connectivity index (χ2n) is 5.69. The number of carbonyl (C=O) groups is 2. The summed E-state index contributed by atoms with van der Waals surface area (Å²) in [5.74, 6) is -0.558. The van der Waals surface area contributed by atoms with E-state index in [1.165, 1.54) is 18.2 Å². The molecule has 5 nitrogen and oxygen atoms in total. The molecule has 0 radical (unpaired) electrons. The Balaban J connectivity index is 1.58. The van der Waals surface area contributed by atoms with Gasteiger partial charge in [-0.1, -0.05) is 51.3 Å². The van der Waals surface area contributed by atoms with Crippen molar-refractivity contribution in [2.75, 3.05) is 6.61 Å². The molecule has 28 heavy (non-hydrogen) atoms. The third kappa shape index (κ3) is 5.17. The van der Waals surface area contributed by atoms with Crippen LogP contribution in [0.25, 0.3) is 10.8 Å². The molecule has 9 heteroatoms. The maximum atomic E-state index is 12.1. The molecule has 0 bridgehead atoms. The van der Waals surface area contributed by atoms with Gasteiger partial charge in [0.1, 0.15) is 5.75 Å². The molecule has 2 amide bonds. The molecule has 0 spiro atoms. The fraction of sp³-hybridized carbons (Fsp3) is 0.0526. The lowest BCUT2D eigenvalue weighted by atomic mass is 10.1. The minimum atomic E-state index is -0.546. The first-order chi connectivity index (χ1) is 13.3. The largest absolute Gasteiger partial charge is 0.483 e. The Labute approximate surface area is 187 Å². The van der Waals surface area contributed by atoms with E-state index in [2.05, 4.69) is 42.7 Å². The minimum absolute atomic E-state index is 0.224. The van der Waals surface area contributed by atoms with E-state index < -0.39 is 11.8 Å². The molecule has 0 unspecified atom stereocenters. The third-order valence-electron chi connectivity index (χ3n) is 3.68. The van der Waals surface area contributed by atoms with E-state index in [9.17, 15) is 9.59 Å². The lowest BCUT2D eigenvalue weighted by Gasteiger charge is -2.11. The fourth-order valence-corrected chi connectivity index (χ4v) is 3.93. The number of hydrogen-bond acceptors (Lipinski definition) is 3. The number of hydrogen-bond donors (Lipinski definition) is 2. The van der Waals surface area contributed by atoms with Crippen LogP contribution in [0, 0.1) is 0 Å². The smallest absolute Gasteiger partial charge is 0.276 e. The van der Waals surface area contributed by atoms with Gasteiger partial charge in [0.25, 0.3) is 11.8 Å². The van der Waals surface area contributed by atoms with Crippen LogP contribution in [-0.2, 0) is 4.79 Å². The number of hydrazine groups is 1. The van der Waals surface area contributed by atoms with Crippen molar-refractivity contribution in [3.05, 3.63) is 73.1 Å². The molecule has 144 valence electrons. The average Bonchev–Trinajstić information content (AvgIpc) is 2.64. The number of carbonyl (C=O) groups excluding carboxylic acids is 2. The minimum Gasteiger partial charge on any atom is -0.483 e. The van der Waals surface area contributed by atoms with Gasteiger partial charge in [0.2, 0.25) is 0 Å². The summed E-state index contributed by atoms with van der Waals surface area (Å²) in [6.07, 6.45) is 0. The van der Waals surface area contributed by atoms with Gasteiger partial charge >= 0.3 is 0 Å². The number of fused-ring (bicyclic) bond motifs is 1. The van der Waals surface area contributed by atoms with Crippen LogP contribution in [-0.4, -0.2) is 18.4 Å². The van der Waals surface area contributed by atoms with E-state index in [1.807, 2.05) is 24.3 Å². The van der Waals surface area contributed by atoms with Crippen molar-refractivity contribution < 1.29 is 14.3 Å². The van der Waals surface area contributed by atoms with Crippen molar-refractivity contribution in [1.29, 1.82) is 0 Å². The first-order valence-corrected chi connectivity index (χ1v) is 10.2. The summed E-state index contributed by atoms with van der Waals surface area (Å²) >= 11 is 18.6. The molecule has 2 N–H and O–H groups in total. The first-order valence-electron chi connectivity index (χ1n) is 7.89. The number of ether oxygens (including phenoxy) is 1. The zero-order chi connectivity index (χ0) is 20.3. The van der Waals surface area contributed by atoms with Crippen molar-refractivity contribution in [2.24, 2.45) is 0 Å². The van der Waals surface area contributed by atoms with Gasteiger partial charge in [-0.15, -0.1) is 0 Å². The van der Waals surface area contributed by atoms with E-state index in [-0.39, 0.29) is 12.2 Å². The zero-order valence-electron chi connectivity index (χ0n) is 14.1. The van der Waals surface area contributed by atoms with Crippen molar-refractivity contribution >= 4 is 77.6 Å². The van der Waals surface area contributed by atoms with E-state index in [0.717, 1.165) is 19.7 Å². The van der Waals surface area contributed by atoms with Crippen LogP contribution < -0.4 is 15.6 Å². The summed E-state index contributed by atoms with van der Waals surface area (Å²) in [4.78, 5) is 24.0. The molecule has 0 aromatic heterocycles. The molecule has 3 aromatic carbocycles. The topological polar surface area (TPSA) is 67.4 Å². The Morgan fingerprint density at radius 2 is 1.64 bits per heavy atom. The van der Waals surface area contributed by atoms with Crippen LogP contribution in [0.1, 0.15) is 10.4 Å². The summed E-state index contributed by atoms with van der Waals surface area (Å²) < 4.78 is 7.26. The highest BCUT2D eigenvalue weighted by Crippen LogP contribution is 2.34. The zero-order valence-corrected chi connectivity index (χ0v) is 18.7. The van der Waals surface area contributed by atoms with Crippen LogP contribution in [0.15, 0.2) is 57.5 Å². The number of halogens is 4. The Morgan fingerprint density at radius 1 is 0.929 bits per heavy atom. The van der Waals surface area contributed by atoms with Gasteiger partial charge in [0.15, 0.2) is 6.61 Å². The van der Waals surface area contributed by atoms with Gasteiger partial charge in [-0.3, -0.25) is 20.4 Å². The Bertz CT molecular complexity index is 1060. The summed E-state index contributed by atoms with van der Waals surface area (Å²) in [5.41, 5.74) is 4.79. The molecule has 0 heterocycles. The SMILES string of the molecule is O=C(COc1ccc2cc(Br)ccc2c1Br)NNC(=O)c1cc(Cl)cc(Cl)c1. The molecule has 3 rings (SSSR count). The van der Waals surface area contributed by atoms with Crippen LogP contribution in [0.5, 0.6) is 5.75 Å². The van der Waals surface area contributed by atoms with Crippen LogP contribution >= 0.6 is 55.1 Å². The summed E-state index contributed by atoms with van der Waals surface area (Å²) in [6.45, 7) is -0.281. The quantitative estimate of drug-likeness (QED) is 0.424. The van der Waals surface area contributed by atoms with E-state index in [0.29, 0.717) is 15.8 Å². The van der Waals surface area contributed by atoms with Crippen LogP contribution in [0.3, 0.4) is 0 Å². The van der Waals surface area contributed by atoms with E-state index in [4.69, 9.17) is 27.9 Å². The van der Waals surface area contributed by atoms with Crippen molar-refractivity contribution in [3.8, 4) is 5.75 Å². The van der Waals surface area contributed by atoms with Crippen LogP contribution in [0.4, 0.5) is 0 Å². The predicted molar refractivity (Wildman–Crippen MR) is 117 cm³/mol. The van der Waals surface area contributed by atoms with Gasteiger partial charge < -0.3 is 4.74 Å². The van der Waals surface area contributed by atoms with Crippen LogP contribution in [0.2, 0.25) is 10.0 Å². The molecule has 0 fully saturated rings. The monoisotopic (exact) mass is 544 g/mol. The van der Waals surface area contributed by atoms with Gasteiger partial charge in [0, 0.05) is 20.1 Å². The number of rotatable bonds is 4. The maximum absolute atomic E-state index is 12.1. The van der Waals surface area contributed by atoms with Crippen molar-refractivity contribution in [3.63, 3.8) is 0 Å². The molecular formula is C19H12Br2Cl2N2O3. The molecule has 0 aliphatic rings. The highest BCUT2D eigenvalue weighted by atomic mass is 79.9. The molecule has 0 aliphatic heterocycles. The van der Waals surface area contributed by atoms with Gasteiger partial charge in [0.05, 0.1) is 4.47 Å². The Hall–Kier alpha value is -1.80. The molecule has 0 saturated heterocycles. The molecule has 0 saturated carbocycles. The van der Waals surface area contributed by atoms with Gasteiger partial charge in [-0.25, -0.2) is 0 Å². The maximum Gasteiger partial charge on any atom is 0.276 e. The standard InChI is InChI=1S/C19H12Br2Cl2N2O3/c20-12-2-3-15-10(5-12)1-4-16(18(15)21)28-9-17(26)24-25-19(27)11-6-13(22)8-14(23)7-11/h1-8H,9H2,(H,24,26)(H,25,27). The molecular weight excluding hydrogens is 535 g/mol. The first kappa shape index (κ1) is 20.9. The molecule has 0 aliphatic carbocycles. The second-order valence-corrected chi connectivity index (χ2v) is 8.27. The van der Waals surface area contributed by atoms with Crippen molar-refractivity contribution in [2.45, 2.75) is 0 Å². The van der Waals surface area contributed by atoms with Gasteiger partial charge in [-0.05, 0) is 63.1 Å². The molecule has 3 aromatic rings. The normalized spacial score (nSPS) is 10.6. The lowest BCUT2D eigenvalue weighted by Crippen LogP contribution is -2.43. The fourth-order valence-electron chi connectivity index (χ4n) is 2.42. The number of benzene rings is 3. The van der Waals surface area contributed by atoms with E-state index in [1.54, 1.807) is 6.07 Å². The van der Waals surface area contributed by atoms with E-state index >= 15 is 0 Å². The Morgan fingerprint density at radius 3 is 2.36 bits per heavy atom. The van der Waals surface area contributed by atoms with Crippen molar-refractivity contribution in [1.82, 2.24) is 10.9 Å². The van der Waals surface area contributed by atoms with Gasteiger partial charge in [-0.2, -0.15) is 0 Å². The summed E-state index contributed by atoms with van der Waals surface area (Å²) in [6, 6.07) is 13.9. The summed E-state index contributed by atoms with van der Waals surface area (Å²) in [5, 5.41) is 2.61. The predicted octanol–water partition coefficient (Wildman–Crippen LogP) is 5.51. The number of amides is 2.